The summed E-state index contributed by atoms with van der Waals surface area (Å²) in [6.45, 7) is 6.72. The molecule has 1 aliphatic rings. The fourth-order valence-electron chi connectivity index (χ4n) is 2.37. The Morgan fingerprint density at radius 1 is 1.40 bits per heavy atom. The molecule has 0 spiro atoms. The van der Waals surface area contributed by atoms with E-state index in [1.165, 1.54) is 0 Å². The first-order chi connectivity index (χ1) is 9.32. The molecular weight excluding hydrogens is 276 g/mol. The summed E-state index contributed by atoms with van der Waals surface area (Å²) < 4.78 is 23.3. The quantitative estimate of drug-likeness (QED) is 0.859. The minimum atomic E-state index is -2.93. The van der Waals surface area contributed by atoms with Crippen LogP contribution in [0, 0.1) is 6.92 Å². The number of nitrogens with one attached hydrogen (secondary N) is 2. The number of hydrogen-bond acceptors (Lipinski definition) is 6. The van der Waals surface area contributed by atoms with E-state index in [2.05, 4.69) is 27.5 Å². The van der Waals surface area contributed by atoms with Gasteiger partial charge in [-0.3, -0.25) is 0 Å². The number of sulfone groups is 1. The van der Waals surface area contributed by atoms with Crippen molar-refractivity contribution in [1.82, 2.24) is 9.97 Å². The molecule has 2 N–H and O–H groups in total. The van der Waals surface area contributed by atoms with Crippen LogP contribution in [0.15, 0.2) is 6.07 Å². The van der Waals surface area contributed by atoms with Gasteiger partial charge in [0, 0.05) is 18.3 Å². The van der Waals surface area contributed by atoms with Gasteiger partial charge >= 0.3 is 0 Å². The summed E-state index contributed by atoms with van der Waals surface area (Å²) >= 11 is 0. The summed E-state index contributed by atoms with van der Waals surface area (Å²) in [5.74, 6) is 1.65. The van der Waals surface area contributed by atoms with Crippen LogP contribution in [0.4, 0.5) is 11.8 Å². The van der Waals surface area contributed by atoms with E-state index in [0.717, 1.165) is 18.7 Å². The minimum absolute atomic E-state index is 0.154. The summed E-state index contributed by atoms with van der Waals surface area (Å²) in [6, 6.07) is 1.84. The summed E-state index contributed by atoms with van der Waals surface area (Å²) in [4.78, 5) is 8.72. The van der Waals surface area contributed by atoms with E-state index < -0.39 is 15.4 Å². The number of hydrogen-bond donors (Lipinski definition) is 2. The first kappa shape index (κ1) is 15.0. The van der Waals surface area contributed by atoms with Gasteiger partial charge in [-0.15, -0.1) is 0 Å². The van der Waals surface area contributed by atoms with Crippen molar-refractivity contribution in [2.45, 2.75) is 39.2 Å². The zero-order chi connectivity index (χ0) is 14.8. The Hall–Kier alpha value is -1.37. The van der Waals surface area contributed by atoms with E-state index >= 15 is 0 Å². The number of aryl methyl sites for hydroxylation is 1. The monoisotopic (exact) mass is 298 g/mol. The second-order valence-corrected chi connectivity index (χ2v) is 7.86. The number of nitrogens with zero attached hydrogens (tertiary/aromatic N) is 2. The fourth-order valence-corrected chi connectivity index (χ4v) is 4.46. The second kappa shape index (κ2) is 5.55. The highest BCUT2D eigenvalue weighted by Crippen LogP contribution is 2.27. The highest BCUT2D eigenvalue weighted by Gasteiger charge is 2.38. The molecule has 1 unspecified atom stereocenters. The Labute approximate surface area is 120 Å². The smallest absolute Gasteiger partial charge is 0.224 e. The molecule has 0 aromatic carbocycles. The largest absolute Gasteiger partial charge is 0.364 e. The van der Waals surface area contributed by atoms with Gasteiger partial charge in [-0.05, 0) is 26.7 Å². The Morgan fingerprint density at radius 2 is 2.15 bits per heavy atom. The summed E-state index contributed by atoms with van der Waals surface area (Å²) in [7, 11) is -2.93. The normalized spacial score (nSPS) is 24.6. The lowest BCUT2D eigenvalue weighted by Gasteiger charge is -2.25. The molecule has 0 amide bonds. The Kier molecular flexibility index (Phi) is 4.17. The van der Waals surface area contributed by atoms with E-state index in [1.54, 1.807) is 0 Å². The van der Waals surface area contributed by atoms with Gasteiger partial charge in [0.15, 0.2) is 9.84 Å². The molecule has 0 bridgehead atoms. The van der Waals surface area contributed by atoms with E-state index in [0.29, 0.717) is 18.2 Å². The third-order valence-corrected chi connectivity index (χ3v) is 5.22. The molecule has 1 fully saturated rings. The molecule has 0 radical (unpaired) electrons. The summed E-state index contributed by atoms with van der Waals surface area (Å²) in [6.07, 6.45) is 1.60. The SMILES string of the molecule is CCCNc1nc(C)cc(NC2(C)CCS(=O)(=O)C2)n1. The molecule has 0 aliphatic carbocycles. The average molecular weight is 298 g/mol. The number of rotatable bonds is 5. The van der Waals surface area contributed by atoms with Crippen LogP contribution in [0.5, 0.6) is 0 Å². The Morgan fingerprint density at radius 3 is 2.75 bits per heavy atom. The highest BCUT2D eigenvalue weighted by molar-refractivity contribution is 7.91. The van der Waals surface area contributed by atoms with Gasteiger partial charge in [0.25, 0.3) is 0 Å². The summed E-state index contributed by atoms with van der Waals surface area (Å²) in [5, 5.41) is 6.41. The first-order valence-electron chi connectivity index (χ1n) is 6.90. The van der Waals surface area contributed by atoms with Crippen molar-refractivity contribution in [3.8, 4) is 0 Å². The predicted molar refractivity (Wildman–Crippen MR) is 80.8 cm³/mol. The standard InChI is InChI=1S/C13H22N4O2S/c1-4-6-14-12-15-10(2)8-11(16-12)17-13(3)5-7-20(18,19)9-13/h8H,4-7,9H2,1-3H3,(H2,14,15,16,17). The van der Waals surface area contributed by atoms with Crippen molar-refractivity contribution in [2.24, 2.45) is 0 Å². The Bertz CT molecular complexity index is 588. The van der Waals surface area contributed by atoms with Gasteiger partial charge in [-0.1, -0.05) is 6.92 Å². The molecule has 112 valence electrons. The van der Waals surface area contributed by atoms with Crippen molar-refractivity contribution >= 4 is 21.6 Å². The van der Waals surface area contributed by atoms with Gasteiger partial charge in [-0.2, -0.15) is 4.98 Å². The van der Waals surface area contributed by atoms with Gasteiger partial charge in [-0.25, -0.2) is 13.4 Å². The van der Waals surface area contributed by atoms with Crippen LogP contribution in [0.25, 0.3) is 0 Å². The lowest BCUT2D eigenvalue weighted by atomic mass is 10.0. The molecule has 0 saturated carbocycles. The van der Waals surface area contributed by atoms with Crippen molar-refractivity contribution < 1.29 is 8.42 Å². The van der Waals surface area contributed by atoms with Crippen LogP contribution in [0.1, 0.15) is 32.4 Å². The molecule has 1 aromatic heterocycles. The van der Waals surface area contributed by atoms with Crippen molar-refractivity contribution in [3.63, 3.8) is 0 Å². The highest BCUT2D eigenvalue weighted by atomic mass is 32.2. The van der Waals surface area contributed by atoms with Crippen LogP contribution < -0.4 is 10.6 Å². The van der Waals surface area contributed by atoms with Crippen LogP contribution in [-0.2, 0) is 9.84 Å². The summed E-state index contributed by atoms with van der Waals surface area (Å²) in [5.41, 5.74) is 0.410. The average Bonchev–Trinajstić information content (AvgIpc) is 2.60. The molecular formula is C13H22N4O2S. The van der Waals surface area contributed by atoms with Crippen molar-refractivity contribution in [2.75, 3.05) is 28.7 Å². The zero-order valence-corrected chi connectivity index (χ0v) is 13.0. The third kappa shape index (κ3) is 3.82. The second-order valence-electron chi connectivity index (χ2n) is 5.67. The van der Waals surface area contributed by atoms with Crippen LogP contribution in [0.2, 0.25) is 0 Å². The minimum Gasteiger partial charge on any atom is -0.364 e. The van der Waals surface area contributed by atoms with Crippen molar-refractivity contribution in [1.29, 1.82) is 0 Å². The van der Waals surface area contributed by atoms with Crippen molar-refractivity contribution in [3.05, 3.63) is 11.8 Å². The van der Waals surface area contributed by atoms with Gasteiger partial charge in [0.1, 0.15) is 5.82 Å². The maximum atomic E-state index is 11.6. The molecule has 2 rings (SSSR count). The van der Waals surface area contributed by atoms with E-state index in [9.17, 15) is 8.42 Å². The van der Waals surface area contributed by atoms with Crippen LogP contribution in [-0.4, -0.2) is 42.0 Å². The van der Waals surface area contributed by atoms with Crippen LogP contribution >= 0.6 is 0 Å². The third-order valence-electron chi connectivity index (χ3n) is 3.32. The molecule has 1 saturated heterocycles. The van der Waals surface area contributed by atoms with E-state index in [1.807, 2.05) is 19.9 Å². The lowest BCUT2D eigenvalue weighted by Crippen LogP contribution is -2.36. The topological polar surface area (TPSA) is 84.0 Å². The van der Waals surface area contributed by atoms with Gasteiger partial charge in [0.05, 0.1) is 17.0 Å². The van der Waals surface area contributed by atoms with Crippen LogP contribution in [0.3, 0.4) is 0 Å². The fraction of sp³-hybridized carbons (Fsp3) is 0.692. The molecule has 1 aromatic rings. The van der Waals surface area contributed by atoms with Gasteiger partial charge in [0.2, 0.25) is 5.95 Å². The van der Waals surface area contributed by atoms with E-state index in [4.69, 9.17) is 0 Å². The predicted octanol–water partition coefficient (Wildman–Crippen LogP) is 1.60. The zero-order valence-electron chi connectivity index (χ0n) is 12.2. The number of anilines is 2. The first-order valence-corrected chi connectivity index (χ1v) is 8.72. The lowest BCUT2D eigenvalue weighted by molar-refractivity contribution is 0.572. The molecule has 2 heterocycles. The maximum Gasteiger partial charge on any atom is 0.224 e. The number of aromatic nitrogens is 2. The molecule has 1 aliphatic heterocycles. The van der Waals surface area contributed by atoms with E-state index in [-0.39, 0.29) is 11.5 Å². The molecule has 1 atom stereocenters. The van der Waals surface area contributed by atoms with Gasteiger partial charge < -0.3 is 10.6 Å². The molecule has 20 heavy (non-hydrogen) atoms. The Balaban J connectivity index is 2.15. The molecule has 7 heteroatoms. The maximum absolute atomic E-state index is 11.6. The molecule has 6 nitrogen and oxygen atoms in total.